The molecule has 154 valence electrons. The second-order valence-corrected chi connectivity index (χ2v) is 7.74. The molecule has 3 N–H and O–H groups in total. The van der Waals surface area contributed by atoms with Crippen LogP contribution in [0.1, 0.15) is 22.1 Å². The van der Waals surface area contributed by atoms with Gasteiger partial charge in [-0.1, -0.05) is 18.7 Å². The van der Waals surface area contributed by atoms with Gasteiger partial charge in [0.25, 0.3) is 0 Å². The Hall–Kier alpha value is -3.23. The lowest BCUT2D eigenvalue weighted by atomic mass is 10.2. The molecule has 7 nitrogen and oxygen atoms in total. The molecule has 4 rings (SSSR count). The molecule has 0 aliphatic rings. The van der Waals surface area contributed by atoms with E-state index in [4.69, 9.17) is 9.72 Å². The van der Waals surface area contributed by atoms with Crippen LogP contribution in [0, 0.1) is 0 Å². The van der Waals surface area contributed by atoms with Crippen molar-refractivity contribution in [2.24, 2.45) is 0 Å². The zero-order valence-electron chi connectivity index (χ0n) is 16.8. The topological polar surface area (TPSA) is 87.8 Å². The van der Waals surface area contributed by atoms with E-state index in [2.05, 4.69) is 32.2 Å². The average molecular weight is 421 g/mol. The molecule has 3 aromatic heterocycles. The standard InChI is InChI=1S/C22H24N6OS/c1-15(25-12-16-7-10-24-21(11-16)29-2)19-14-30-22(28-19)8-9-23-13-20-26-17-5-3-4-6-18(17)27-20/h3-7,10-11,14,23,25H,1,8-9,12-13H2,2H3,(H,26,27). The van der Waals surface area contributed by atoms with Gasteiger partial charge in [-0.2, -0.15) is 0 Å². The van der Waals surface area contributed by atoms with Crippen LogP contribution in [0.25, 0.3) is 16.7 Å². The van der Waals surface area contributed by atoms with E-state index in [0.717, 1.165) is 51.8 Å². The largest absolute Gasteiger partial charge is 0.481 e. The number of fused-ring (bicyclic) bond motifs is 1. The van der Waals surface area contributed by atoms with Gasteiger partial charge in [0.1, 0.15) is 5.82 Å². The average Bonchev–Trinajstić information content (AvgIpc) is 3.42. The van der Waals surface area contributed by atoms with Gasteiger partial charge in [0.2, 0.25) is 5.88 Å². The number of imidazole rings is 1. The number of aromatic amines is 1. The maximum Gasteiger partial charge on any atom is 0.213 e. The van der Waals surface area contributed by atoms with Crippen LogP contribution >= 0.6 is 11.3 Å². The van der Waals surface area contributed by atoms with Crippen molar-refractivity contribution in [3.63, 3.8) is 0 Å². The number of nitrogens with one attached hydrogen (secondary N) is 3. The number of H-pyrrole nitrogens is 1. The Morgan fingerprint density at radius 3 is 2.97 bits per heavy atom. The Labute approximate surface area is 179 Å². The van der Waals surface area contributed by atoms with E-state index >= 15 is 0 Å². The number of rotatable bonds is 10. The Balaban J connectivity index is 1.22. The molecule has 0 saturated carbocycles. The Morgan fingerprint density at radius 1 is 1.20 bits per heavy atom. The van der Waals surface area contributed by atoms with Crippen molar-refractivity contribution in [1.82, 2.24) is 30.6 Å². The summed E-state index contributed by atoms with van der Waals surface area (Å²) in [4.78, 5) is 16.7. The van der Waals surface area contributed by atoms with Crippen molar-refractivity contribution in [1.29, 1.82) is 0 Å². The van der Waals surface area contributed by atoms with Crippen molar-refractivity contribution in [3.05, 3.63) is 76.6 Å². The fourth-order valence-electron chi connectivity index (χ4n) is 3.03. The molecule has 0 aliphatic carbocycles. The highest BCUT2D eigenvalue weighted by Crippen LogP contribution is 2.16. The molecule has 30 heavy (non-hydrogen) atoms. The lowest BCUT2D eigenvalue weighted by molar-refractivity contribution is 0.397. The normalized spacial score (nSPS) is 11.0. The van der Waals surface area contributed by atoms with Crippen molar-refractivity contribution in [3.8, 4) is 5.88 Å². The number of nitrogens with zero attached hydrogens (tertiary/aromatic N) is 3. The third-order valence-corrected chi connectivity index (χ3v) is 5.53. The number of hydrogen-bond acceptors (Lipinski definition) is 7. The molecule has 0 atom stereocenters. The number of ether oxygens (including phenoxy) is 1. The van der Waals surface area contributed by atoms with Gasteiger partial charge in [-0.25, -0.2) is 15.0 Å². The first-order valence-electron chi connectivity index (χ1n) is 9.72. The first-order chi connectivity index (χ1) is 14.7. The number of aromatic nitrogens is 4. The van der Waals surface area contributed by atoms with E-state index in [-0.39, 0.29) is 0 Å². The van der Waals surface area contributed by atoms with E-state index in [1.807, 2.05) is 41.8 Å². The van der Waals surface area contributed by atoms with Crippen molar-refractivity contribution < 1.29 is 4.74 Å². The lowest BCUT2D eigenvalue weighted by Gasteiger charge is -2.08. The lowest BCUT2D eigenvalue weighted by Crippen LogP contribution is -2.17. The number of para-hydroxylation sites is 2. The predicted molar refractivity (Wildman–Crippen MR) is 120 cm³/mol. The zero-order chi connectivity index (χ0) is 20.8. The minimum atomic E-state index is 0.603. The summed E-state index contributed by atoms with van der Waals surface area (Å²) in [5.74, 6) is 1.55. The number of benzene rings is 1. The van der Waals surface area contributed by atoms with Crippen LogP contribution in [0.3, 0.4) is 0 Å². The summed E-state index contributed by atoms with van der Waals surface area (Å²) in [6.07, 6.45) is 2.59. The van der Waals surface area contributed by atoms with Gasteiger partial charge in [0.15, 0.2) is 0 Å². The molecule has 0 radical (unpaired) electrons. The summed E-state index contributed by atoms with van der Waals surface area (Å²) in [6, 6.07) is 11.9. The van der Waals surface area contributed by atoms with E-state index in [0.29, 0.717) is 19.0 Å². The minimum absolute atomic E-state index is 0.603. The summed E-state index contributed by atoms with van der Waals surface area (Å²) in [7, 11) is 1.61. The van der Waals surface area contributed by atoms with E-state index < -0.39 is 0 Å². The molecule has 8 heteroatoms. The smallest absolute Gasteiger partial charge is 0.213 e. The van der Waals surface area contributed by atoms with Crippen LogP contribution in [0.15, 0.2) is 54.6 Å². The van der Waals surface area contributed by atoms with Gasteiger partial charge in [0, 0.05) is 37.2 Å². The SMILES string of the molecule is C=C(NCc1ccnc(OC)c1)c1csc(CCNCc2nc3ccccc3[nH]2)n1. The van der Waals surface area contributed by atoms with Crippen LogP contribution in [-0.4, -0.2) is 33.6 Å². The molecule has 4 aromatic rings. The molecule has 1 aromatic carbocycles. The molecule has 3 heterocycles. The summed E-state index contributed by atoms with van der Waals surface area (Å²) >= 11 is 1.65. The van der Waals surface area contributed by atoms with Crippen molar-refractivity contribution in [2.45, 2.75) is 19.5 Å². The summed E-state index contributed by atoms with van der Waals surface area (Å²) in [5.41, 5.74) is 4.83. The summed E-state index contributed by atoms with van der Waals surface area (Å²) in [5, 5.41) is 9.86. The Bertz CT molecular complexity index is 1100. The maximum atomic E-state index is 5.16. The van der Waals surface area contributed by atoms with Gasteiger partial charge >= 0.3 is 0 Å². The van der Waals surface area contributed by atoms with E-state index in [9.17, 15) is 0 Å². The molecule has 0 aliphatic heterocycles. The first kappa shape index (κ1) is 20.1. The second kappa shape index (κ2) is 9.51. The Morgan fingerprint density at radius 2 is 2.10 bits per heavy atom. The van der Waals surface area contributed by atoms with Crippen LogP contribution < -0.4 is 15.4 Å². The van der Waals surface area contributed by atoms with Gasteiger partial charge in [0.05, 0.1) is 41.1 Å². The van der Waals surface area contributed by atoms with Gasteiger partial charge in [-0.3, -0.25) is 0 Å². The molecule has 0 saturated heterocycles. The highest BCUT2D eigenvalue weighted by Gasteiger charge is 2.07. The third-order valence-electron chi connectivity index (χ3n) is 4.62. The monoisotopic (exact) mass is 420 g/mol. The number of hydrogen-bond donors (Lipinski definition) is 3. The highest BCUT2D eigenvalue weighted by atomic mass is 32.1. The quantitative estimate of drug-likeness (QED) is 0.340. The van der Waals surface area contributed by atoms with Crippen molar-refractivity contribution >= 4 is 28.1 Å². The van der Waals surface area contributed by atoms with Crippen molar-refractivity contribution in [2.75, 3.05) is 13.7 Å². The molecule has 0 fully saturated rings. The van der Waals surface area contributed by atoms with E-state index in [1.165, 1.54) is 0 Å². The molecular weight excluding hydrogens is 396 g/mol. The third kappa shape index (κ3) is 5.03. The summed E-state index contributed by atoms with van der Waals surface area (Å²) < 4.78 is 5.16. The fourth-order valence-corrected chi connectivity index (χ4v) is 3.84. The van der Waals surface area contributed by atoms with Crippen LogP contribution in [0.2, 0.25) is 0 Å². The number of pyridine rings is 1. The zero-order valence-corrected chi connectivity index (χ0v) is 17.6. The molecule has 0 spiro atoms. The van der Waals surface area contributed by atoms with Gasteiger partial charge in [-0.05, 0) is 23.8 Å². The minimum Gasteiger partial charge on any atom is -0.481 e. The molecule has 0 amide bonds. The molecule has 0 unspecified atom stereocenters. The van der Waals surface area contributed by atoms with Crippen LogP contribution in [0.4, 0.5) is 0 Å². The maximum absolute atomic E-state index is 5.16. The van der Waals surface area contributed by atoms with Crippen LogP contribution in [-0.2, 0) is 19.5 Å². The van der Waals surface area contributed by atoms with Crippen LogP contribution in [0.5, 0.6) is 5.88 Å². The molecular formula is C22H24N6OS. The van der Waals surface area contributed by atoms with Gasteiger partial charge < -0.3 is 20.4 Å². The highest BCUT2D eigenvalue weighted by molar-refractivity contribution is 7.09. The van der Waals surface area contributed by atoms with Gasteiger partial charge in [-0.15, -0.1) is 11.3 Å². The van der Waals surface area contributed by atoms with E-state index in [1.54, 1.807) is 24.6 Å². The first-order valence-corrected chi connectivity index (χ1v) is 10.6. The summed E-state index contributed by atoms with van der Waals surface area (Å²) in [6.45, 7) is 6.29. The Kier molecular flexibility index (Phi) is 6.36. The molecule has 0 bridgehead atoms. The fraction of sp³-hybridized carbons (Fsp3) is 0.227. The second-order valence-electron chi connectivity index (χ2n) is 6.79. The number of methoxy groups -OCH3 is 1. The number of thiazole rings is 1. The predicted octanol–water partition coefficient (Wildman–Crippen LogP) is 3.52.